The maximum Gasteiger partial charge on any atom is 0.242 e. The molecule has 0 saturated carbocycles. The Morgan fingerprint density at radius 2 is 1.64 bits per heavy atom. The zero-order valence-electron chi connectivity index (χ0n) is 14.7. The second-order valence-corrected chi connectivity index (χ2v) is 8.59. The van der Waals surface area contributed by atoms with Crippen molar-refractivity contribution in [2.24, 2.45) is 0 Å². The standard InChI is InChI=1S/C19H22FNO3S/c1-12(2)17-7-5-6-13(3)18(17)21-19(22)14(4)25(23,24)16-10-8-15(20)9-11-16/h5-12,14H,1-4H3,(H,21,22)/t14-/m0/s1. The van der Waals surface area contributed by atoms with Gasteiger partial charge in [0.15, 0.2) is 9.84 Å². The molecule has 134 valence electrons. The molecule has 1 N–H and O–H groups in total. The van der Waals surface area contributed by atoms with E-state index in [1.165, 1.54) is 19.1 Å². The number of aryl methyl sites for hydroxylation is 1. The summed E-state index contributed by atoms with van der Waals surface area (Å²) in [4.78, 5) is 12.5. The van der Waals surface area contributed by atoms with Crippen molar-refractivity contribution in [2.75, 3.05) is 5.32 Å². The number of halogens is 1. The lowest BCUT2D eigenvalue weighted by Crippen LogP contribution is -2.33. The first-order chi connectivity index (χ1) is 11.6. The maximum absolute atomic E-state index is 13.0. The topological polar surface area (TPSA) is 63.2 Å². The average molecular weight is 363 g/mol. The van der Waals surface area contributed by atoms with Crippen molar-refractivity contribution in [3.63, 3.8) is 0 Å². The van der Waals surface area contributed by atoms with Crippen LogP contribution in [0, 0.1) is 12.7 Å². The van der Waals surface area contributed by atoms with Gasteiger partial charge in [0, 0.05) is 5.69 Å². The highest BCUT2D eigenvalue weighted by atomic mass is 32.2. The van der Waals surface area contributed by atoms with Crippen LogP contribution in [0.15, 0.2) is 47.4 Å². The fourth-order valence-electron chi connectivity index (χ4n) is 2.54. The lowest BCUT2D eigenvalue weighted by molar-refractivity contribution is -0.115. The highest BCUT2D eigenvalue weighted by molar-refractivity contribution is 7.92. The molecule has 0 aromatic heterocycles. The van der Waals surface area contributed by atoms with Gasteiger partial charge in [-0.2, -0.15) is 0 Å². The van der Waals surface area contributed by atoms with Crippen molar-refractivity contribution >= 4 is 21.4 Å². The van der Waals surface area contributed by atoms with Gasteiger partial charge in [-0.15, -0.1) is 0 Å². The van der Waals surface area contributed by atoms with Crippen LogP contribution in [0.2, 0.25) is 0 Å². The predicted octanol–water partition coefficient (Wildman–Crippen LogP) is 4.06. The molecule has 1 amide bonds. The molecule has 0 saturated heterocycles. The molecule has 0 unspecified atom stereocenters. The summed E-state index contributed by atoms with van der Waals surface area (Å²) < 4.78 is 38.2. The molecule has 0 heterocycles. The van der Waals surface area contributed by atoms with Crippen molar-refractivity contribution in [2.45, 2.75) is 43.8 Å². The molecule has 2 aromatic rings. The molecular weight excluding hydrogens is 341 g/mol. The smallest absolute Gasteiger partial charge is 0.242 e. The number of hydrogen-bond donors (Lipinski definition) is 1. The molecule has 1 atom stereocenters. The van der Waals surface area contributed by atoms with Gasteiger partial charge >= 0.3 is 0 Å². The van der Waals surface area contributed by atoms with Gasteiger partial charge in [0.25, 0.3) is 0 Å². The van der Waals surface area contributed by atoms with E-state index in [-0.39, 0.29) is 10.8 Å². The number of nitrogens with one attached hydrogen (secondary N) is 1. The van der Waals surface area contributed by atoms with E-state index < -0.39 is 26.8 Å². The third kappa shape index (κ3) is 4.07. The molecular formula is C19H22FNO3S. The maximum atomic E-state index is 13.0. The van der Waals surface area contributed by atoms with Crippen LogP contribution in [0.25, 0.3) is 0 Å². The summed E-state index contributed by atoms with van der Waals surface area (Å²) in [5.41, 5.74) is 2.45. The SMILES string of the molecule is Cc1cccc(C(C)C)c1NC(=O)[C@H](C)S(=O)(=O)c1ccc(F)cc1. The lowest BCUT2D eigenvalue weighted by Gasteiger charge is -2.19. The highest BCUT2D eigenvalue weighted by Crippen LogP contribution is 2.28. The van der Waals surface area contributed by atoms with Gasteiger partial charge < -0.3 is 5.32 Å². The molecule has 6 heteroatoms. The number of anilines is 1. The van der Waals surface area contributed by atoms with E-state index >= 15 is 0 Å². The molecule has 0 fully saturated rings. The molecule has 0 spiro atoms. The Labute approximate surface area is 148 Å². The van der Waals surface area contributed by atoms with Crippen LogP contribution in [-0.2, 0) is 14.6 Å². The Kier molecular flexibility index (Phi) is 5.62. The third-order valence-electron chi connectivity index (χ3n) is 4.15. The predicted molar refractivity (Wildman–Crippen MR) is 96.9 cm³/mol. The largest absolute Gasteiger partial charge is 0.324 e. The summed E-state index contributed by atoms with van der Waals surface area (Å²) >= 11 is 0. The highest BCUT2D eigenvalue weighted by Gasteiger charge is 2.30. The second-order valence-electron chi connectivity index (χ2n) is 6.32. The zero-order chi connectivity index (χ0) is 18.8. The van der Waals surface area contributed by atoms with Crippen molar-refractivity contribution in [3.05, 3.63) is 59.4 Å². The van der Waals surface area contributed by atoms with Crippen LogP contribution in [0.5, 0.6) is 0 Å². The molecule has 2 aromatic carbocycles. The first-order valence-corrected chi connectivity index (χ1v) is 9.59. The Morgan fingerprint density at radius 1 is 1.04 bits per heavy atom. The third-order valence-corrected chi connectivity index (χ3v) is 6.23. The average Bonchev–Trinajstić information content (AvgIpc) is 2.56. The van der Waals surface area contributed by atoms with E-state index in [0.717, 1.165) is 23.3 Å². The van der Waals surface area contributed by atoms with E-state index in [4.69, 9.17) is 0 Å². The van der Waals surface area contributed by atoms with Crippen LogP contribution in [0.4, 0.5) is 10.1 Å². The minimum absolute atomic E-state index is 0.0783. The first-order valence-electron chi connectivity index (χ1n) is 8.04. The fraction of sp³-hybridized carbons (Fsp3) is 0.316. The monoisotopic (exact) mass is 363 g/mol. The minimum atomic E-state index is -3.90. The van der Waals surface area contributed by atoms with Crippen molar-refractivity contribution in [1.29, 1.82) is 0 Å². The van der Waals surface area contributed by atoms with Crippen LogP contribution < -0.4 is 5.32 Å². The van der Waals surface area contributed by atoms with Crippen molar-refractivity contribution in [1.82, 2.24) is 0 Å². The Morgan fingerprint density at radius 3 is 2.20 bits per heavy atom. The molecule has 0 bridgehead atoms. The minimum Gasteiger partial charge on any atom is -0.324 e. The summed E-state index contributed by atoms with van der Waals surface area (Å²) in [7, 11) is -3.90. The van der Waals surface area contributed by atoms with E-state index in [2.05, 4.69) is 5.32 Å². The Balaban J connectivity index is 2.31. The van der Waals surface area contributed by atoms with E-state index in [0.29, 0.717) is 5.69 Å². The van der Waals surface area contributed by atoms with Gasteiger partial charge in [0.05, 0.1) is 4.90 Å². The molecule has 0 radical (unpaired) electrons. The number of carbonyl (C=O) groups is 1. The quantitative estimate of drug-likeness (QED) is 0.815. The Hall–Kier alpha value is -2.21. The molecule has 25 heavy (non-hydrogen) atoms. The Bertz CT molecular complexity index is 874. The second kappa shape index (κ2) is 7.35. The summed E-state index contributed by atoms with van der Waals surface area (Å²) in [5, 5.41) is 1.46. The number of amides is 1. The number of carbonyl (C=O) groups excluding carboxylic acids is 1. The van der Waals surface area contributed by atoms with Gasteiger partial charge in [-0.25, -0.2) is 12.8 Å². The van der Waals surface area contributed by atoms with E-state index in [9.17, 15) is 17.6 Å². The van der Waals surface area contributed by atoms with Crippen molar-refractivity contribution < 1.29 is 17.6 Å². The molecule has 0 aliphatic rings. The summed E-state index contributed by atoms with van der Waals surface area (Å²) in [6, 6.07) is 10.1. The van der Waals surface area contributed by atoms with Gasteiger partial charge in [0.2, 0.25) is 5.91 Å². The number of rotatable bonds is 5. The van der Waals surface area contributed by atoms with Crippen molar-refractivity contribution in [3.8, 4) is 0 Å². The fourth-order valence-corrected chi connectivity index (χ4v) is 3.80. The summed E-state index contributed by atoms with van der Waals surface area (Å²) in [6.45, 7) is 7.20. The zero-order valence-corrected chi connectivity index (χ0v) is 15.5. The van der Waals surface area contributed by atoms with E-state index in [1.807, 2.05) is 39.0 Å². The lowest BCUT2D eigenvalue weighted by atomic mass is 9.98. The number of benzene rings is 2. The van der Waals surface area contributed by atoms with Gasteiger partial charge in [-0.05, 0) is 55.2 Å². The van der Waals surface area contributed by atoms with Crippen LogP contribution in [-0.4, -0.2) is 19.6 Å². The van der Waals surface area contributed by atoms with E-state index in [1.54, 1.807) is 0 Å². The van der Waals surface area contributed by atoms with Crippen LogP contribution >= 0.6 is 0 Å². The summed E-state index contributed by atoms with van der Waals surface area (Å²) in [6.07, 6.45) is 0. The first kappa shape index (κ1) is 19.1. The molecule has 0 aliphatic carbocycles. The van der Waals surface area contributed by atoms with Gasteiger partial charge in [-0.3, -0.25) is 4.79 Å². The summed E-state index contributed by atoms with van der Waals surface area (Å²) in [5.74, 6) is -0.961. The normalized spacial score (nSPS) is 12.9. The molecule has 4 nitrogen and oxygen atoms in total. The number of hydrogen-bond acceptors (Lipinski definition) is 3. The van der Waals surface area contributed by atoms with Gasteiger partial charge in [-0.1, -0.05) is 32.0 Å². The molecule has 2 rings (SSSR count). The van der Waals surface area contributed by atoms with Crippen LogP contribution in [0.1, 0.15) is 37.8 Å². The van der Waals surface area contributed by atoms with Crippen LogP contribution in [0.3, 0.4) is 0 Å². The number of para-hydroxylation sites is 1. The number of sulfone groups is 1. The van der Waals surface area contributed by atoms with Gasteiger partial charge in [0.1, 0.15) is 11.1 Å². The molecule has 0 aliphatic heterocycles.